The summed E-state index contributed by atoms with van der Waals surface area (Å²) in [5.74, 6) is 1.04. The van der Waals surface area contributed by atoms with Gasteiger partial charge in [-0.25, -0.2) is 4.98 Å². The molecule has 3 aromatic heterocycles. The number of aromatic nitrogens is 4. The zero-order valence-corrected chi connectivity index (χ0v) is 14.0. The summed E-state index contributed by atoms with van der Waals surface area (Å²) in [6.45, 7) is 0. The maximum absolute atomic E-state index is 9.45. The van der Waals surface area contributed by atoms with Gasteiger partial charge < -0.3 is 4.42 Å². The Balaban J connectivity index is 1.61. The van der Waals surface area contributed by atoms with Crippen molar-refractivity contribution in [3.05, 3.63) is 72.4 Å². The summed E-state index contributed by atoms with van der Waals surface area (Å²) in [5, 5.41) is 17.9. The first kappa shape index (κ1) is 15.1. The third-order valence-electron chi connectivity index (χ3n) is 4.21. The van der Waals surface area contributed by atoms with Crippen molar-refractivity contribution < 1.29 is 4.42 Å². The molecule has 0 aliphatic carbocycles. The fourth-order valence-electron chi connectivity index (χ4n) is 2.92. The topological polar surface area (TPSA) is 92.6 Å². The van der Waals surface area contributed by atoms with Crippen LogP contribution in [0.1, 0.15) is 5.56 Å². The molecule has 0 radical (unpaired) electrons. The molecule has 0 fully saturated rings. The molecule has 0 amide bonds. The van der Waals surface area contributed by atoms with Crippen LogP contribution in [0.25, 0.3) is 27.8 Å². The molecule has 0 saturated heterocycles. The molecule has 7 heteroatoms. The van der Waals surface area contributed by atoms with Crippen LogP contribution in [0.15, 0.2) is 71.3 Å². The first-order valence-corrected chi connectivity index (χ1v) is 8.29. The Morgan fingerprint density at radius 1 is 0.926 bits per heavy atom. The van der Waals surface area contributed by atoms with Crippen LogP contribution in [0.5, 0.6) is 0 Å². The molecule has 0 aliphatic rings. The van der Waals surface area contributed by atoms with E-state index in [0.717, 1.165) is 16.4 Å². The van der Waals surface area contributed by atoms with Gasteiger partial charge in [0.15, 0.2) is 17.2 Å². The van der Waals surface area contributed by atoms with Crippen LogP contribution in [0.2, 0.25) is 0 Å². The highest BCUT2D eigenvalue weighted by molar-refractivity contribution is 5.79. The lowest BCUT2D eigenvalue weighted by Crippen LogP contribution is -2.05. The lowest BCUT2D eigenvalue weighted by atomic mass is 10.2. The van der Waals surface area contributed by atoms with Crippen LogP contribution >= 0.6 is 0 Å². The molecule has 5 aromatic rings. The van der Waals surface area contributed by atoms with Gasteiger partial charge in [0.1, 0.15) is 17.1 Å². The number of nitrogens with zero attached hydrogens (tertiary/aromatic N) is 5. The van der Waals surface area contributed by atoms with Crippen molar-refractivity contribution in [2.45, 2.75) is 0 Å². The standard InChI is InChI=1S/C20H12N6O/c21-11-14-12-22-26(18-10-9-13-5-1-2-6-15(13)23-18)19(14)25-20-24-16-7-3-4-8-17(16)27-20/h1-10,12H,(H,24,25). The average Bonchev–Trinajstić information content (AvgIpc) is 3.31. The minimum Gasteiger partial charge on any atom is -0.423 e. The number of nitrogens with one attached hydrogen (secondary N) is 1. The second-order valence-corrected chi connectivity index (χ2v) is 5.90. The lowest BCUT2D eigenvalue weighted by molar-refractivity contribution is 0.621. The summed E-state index contributed by atoms with van der Waals surface area (Å²) < 4.78 is 7.28. The summed E-state index contributed by atoms with van der Waals surface area (Å²) in [5.41, 5.74) is 2.60. The van der Waals surface area contributed by atoms with Crippen molar-refractivity contribution in [2.75, 3.05) is 5.32 Å². The van der Waals surface area contributed by atoms with E-state index in [1.807, 2.05) is 60.7 Å². The van der Waals surface area contributed by atoms with E-state index in [1.165, 1.54) is 6.20 Å². The van der Waals surface area contributed by atoms with Gasteiger partial charge in [-0.05, 0) is 30.3 Å². The smallest absolute Gasteiger partial charge is 0.301 e. The first-order chi connectivity index (χ1) is 13.3. The molecule has 27 heavy (non-hydrogen) atoms. The number of nitriles is 1. The van der Waals surface area contributed by atoms with Gasteiger partial charge in [0.05, 0.1) is 11.7 Å². The van der Waals surface area contributed by atoms with E-state index in [-0.39, 0.29) is 6.01 Å². The number of anilines is 2. The molecule has 0 unspecified atom stereocenters. The highest BCUT2D eigenvalue weighted by Crippen LogP contribution is 2.26. The zero-order valence-electron chi connectivity index (χ0n) is 14.0. The largest absolute Gasteiger partial charge is 0.423 e. The Hall–Kier alpha value is -4.18. The van der Waals surface area contributed by atoms with E-state index in [1.54, 1.807) is 4.68 Å². The van der Waals surface area contributed by atoms with E-state index in [0.29, 0.717) is 22.8 Å². The van der Waals surface area contributed by atoms with Crippen LogP contribution in [0, 0.1) is 11.3 Å². The normalized spacial score (nSPS) is 10.9. The summed E-state index contributed by atoms with van der Waals surface area (Å²) in [7, 11) is 0. The van der Waals surface area contributed by atoms with Gasteiger partial charge in [-0.15, -0.1) is 0 Å². The van der Waals surface area contributed by atoms with Crippen LogP contribution < -0.4 is 5.32 Å². The highest BCUT2D eigenvalue weighted by atomic mass is 16.4. The monoisotopic (exact) mass is 352 g/mol. The molecule has 1 N–H and O–H groups in total. The van der Waals surface area contributed by atoms with E-state index in [2.05, 4.69) is 26.5 Å². The fraction of sp³-hybridized carbons (Fsp3) is 0. The molecule has 0 saturated carbocycles. The van der Waals surface area contributed by atoms with Gasteiger partial charge in [-0.3, -0.25) is 5.32 Å². The SMILES string of the molecule is N#Cc1cnn(-c2ccc3ccccc3n2)c1Nc1nc2ccccc2o1. The molecular weight excluding hydrogens is 340 g/mol. The predicted molar refractivity (Wildman–Crippen MR) is 101 cm³/mol. The zero-order chi connectivity index (χ0) is 18.2. The van der Waals surface area contributed by atoms with E-state index in [9.17, 15) is 5.26 Å². The number of fused-ring (bicyclic) bond motifs is 2. The number of oxazole rings is 1. The molecule has 0 bridgehead atoms. The van der Waals surface area contributed by atoms with Crippen molar-refractivity contribution in [2.24, 2.45) is 0 Å². The van der Waals surface area contributed by atoms with Gasteiger partial charge in [0.2, 0.25) is 0 Å². The molecule has 0 spiro atoms. The number of hydrogen-bond donors (Lipinski definition) is 1. The number of pyridine rings is 1. The second-order valence-electron chi connectivity index (χ2n) is 5.90. The Morgan fingerprint density at radius 3 is 2.59 bits per heavy atom. The maximum atomic E-state index is 9.45. The third-order valence-corrected chi connectivity index (χ3v) is 4.21. The summed E-state index contributed by atoms with van der Waals surface area (Å²) in [6, 6.07) is 21.5. The number of para-hydroxylation sites is 3. The van der Waals surface area contributed by atoms with Crippen LogP contribution in [-0.2, 0) is 0 Å². The van der Waals surface area contributed by atoms with E-state index < -0.39 is 0 Å². The summed E-state index contributed by atoms with van der Waals surface area (Å²) in [6.07, 6.45) is 1.49. The molecule has 0 aliphatic heterocycles. The first-order valence-electron chi connectivity index (χ1n) is 8.29. The molecule has 2 aromatic carbocycles. The van der Waals surface area contributed by atoms with Gasteiger partial charge in [-0.2, -0.15) is 20.0 Å². The third kappa shape index (κ3) is 2.56. The van der Waals surface area contributed by atoms with Crippen molar-refractivity contribution in [1.29, 1.82) is 5.26 Å². The minimum absolute atomic E-state index is 0.287. The van der Waals surface area contributed by atoms with Gasteiger partial charge in [0, 0.05) is 5.39 Å². The Morgan fingerprint density at radius 2 is 1.74 bits per heavy atom. The predicted octanol–water partition coefficient (Wildman–Crippen LogP) is 4.18. The summed E-state index contributed by atoms with van der Waals surface area (Å²) >= 11 is 0. The molecule has 5 rings (SSSR count). The Bertz CT molecular complexity index is 1290. The molecule has 128 valence electrons. The molecule has 3 heterocycles. The maximum Gasteiger partial charge on any atom is 0.301 e. The fourth-order valence-corrected chi connectivity index (χ4v) is 2.92. The lowest BCUT2D eigenvalue weighted by Gasteiger charge is -2.08. The highest BCUT2D eigenvalue weighted by Gasteiger charge is 2.16. The van der Waals surface area contributed by atoms with Gasteiger partial charge in [0.25, 0.3) is 0 Å². The molecular formula is C20H12N6O. The van der Waals surface area contributed by atoms with Crippen molar-refractivity contribution in [1.82, 2.24) is 19.7 Å². The minimum atomic E-state index is 0.287. The van der Waals surface area contributed by atoms with Crippen molar-refractivity contribution in [3.63, 3.8) is 0 Å². The molecule has 7 nitrogen and oxygen atoms in total. The number of hydrogen-bond acceptors (Lipinski definition) is 6. The Labute approximate surface area is 153 Å². The number of rotatable bonds is 3. The quantitative estimate of drug-likeness (QED) is 0.524. The van der Waals surface area contributed by atoms with Crippen molar-refractivity contribution >= 4 is 33.8 Å². The van der Waals surface area contributed by atoms with Crippen LogP contribution in [0.4, 0.5) is 11.8 Å². The number of benzene rings is 2. The van der Waals surface area contributed by atoms with Gasteiger partial charge >= 0.3 is 6.01 Å². The van der Waals surface area contributed by atoms with Crippen LogP contribution in [-0.4, -0.2) is 19.7 Å². The average molecular weight is 352 g/mol. The van der Waals surface area contributed by atoms with E-state index in [4.69, 9.17) is 4.42 Å². The van der Waals surface area contributed by atoms with E-state index >= 15 is 0 Å². The molecule has 0 atom stereocenters. The van der Waals surface area contributed by atoms with Gasteiger partial charge in [-0.1, -0.05) is 30.3 Å². The van der Waals surface area contributed by atoms with Crippen LogP contribution in [0.3, 0.4) is 0 Å². The summed E-state index contributed by atoms with van der Waals surface area (Å²) in [4.78, 5) is 9.04. The van der Waals surface area contributed by atoms with Crippen molar-refractivity contribution in [3.8, 4) is 11.9 Å². The Kier molecular flexibility index (Phi) is 3.34. The second kappa shape index (κ2) is 5.97.